The van der Waals surface area contributed by atoms with Gasteiger partial charge in [-0.15, -0.1) is 0 Å². The zero-order chi connectivity index (χ0) is 15.6. The van der Waals surface area contributed by atoms with Crippen molar-refractivity contribution in [3.63, 3.8) is 0 Å². The van der Waals surface area contributed by atoms with Gasteiger partial charge in [0.1, 0.15) is 0 Å². The summed E-state index contributed by atoms with van der Waals surface area (Å²) >= 11 is 0. The molecular formula is C16H24N2O2S. The molecule has 0 radical (unpaired) electrons. The number of hydrogen-bond donors (Lipinski definition) is 1. The van der Waals surface area contributed by atoms with Crippen LogP contribution in [0.2, 0.25) is 0 Å². The fourth-order valence-corrected chi connectivity index (χ4v) is 4.05. The topological polar surface area (TPSA) is 58.5 Å². The lowest BCUT2D eigenvalue weighted by molar-refractivity contribution is 0.483. The Morgan fingerprint density at radius 2 is 1.76 bits per heavy atom. The van der Waals surface area contributed by atoms with E-state index < -0.39 is 10.0 Å². The van der Waals surface area contributed by atoms with Gasteiger partial charge < -0.3 is 0 Å². The molecule has 0 saturated heterocycles. The number of hydrogen-bond acceptors (Lipinski definition) is 3. The molecule has 0 aliphatic heterocycles. The molecule has 0 aromatic heterocycles. The smallest absolute Gasteiger partial charge is 0.200 e. The minimum atomic E-state index is -3.60. The predicted molar refractivity (Wildman–Crippen MR) is 85.9 cm³/mol. The van der Waals surface area contributed by atoms with E-state index in [1.165, 1.54) is 6.42 Å². The second kappa shape index (κ2) is 6.18. The Kier molecular flexibility index (Phi) is 4.71. The lowest BCUT2D eigenvalue weighted by atomic mass is 9.81. The molecule has 0 amide bonds. The first-order valence-electron chi connectivity index (χ1n) is 7.48. The molecule has 0 bridgehead atoms. The molecule has 1 N–H and O–H groups in total. The molecule has 116 valence electrons. The van der Waals surface area contributed by atoms with Gasteiger partial charge >= 0.3 is 0 Å². The van der Waals surface area contributed by atoms with E-state index in [2.05, 4.69) is 23.8 Å². The van der Waals surface area contributed by atoms with Gasteiger partial charge in [0.05, 0.1) is 4.90 Å². The van der Waals surface area contributed by atoms with Crippen molar-refractivity contribution in [3.05, 3.63) is 29.3 Å². The maximum absolute atomic E-state index is 12.4. The van der Waals surface area contributed by atoms with Gasteiger partial charge in [-0.2, -0.15) is 13.5 Å². The van der Waals surface area contributed by atoms with Crippen LogP contribution in [0.3, 0.4) is 0 Å². The minimum absolute atomic E-state index is 0.308. The summed E-state index contributed by atoms with van der Waals surface area (Å²) in [5, 5.41) is 4.24. The molecule has 2 rings (SSSR count). The molecule has 0 heterocycles. The molecule has 21 heavy (non-hydrogen) atoms. The molecule has 1 aromatic carbocycles. The van der Waals surface area contributed by atoms with E-state index in [0.29, 0.717) is 16.7 Å². The number of hydrazone groups is 1. The highest BCUT2D eigenvalue weighted by molar-refractivity contribution is 7.89. The molecule has 1 saturated carbocycles. The van der Waals surface area contributed by atoms with Gasteiger partial charge in [-0.1, -0.05) is 32.4 Å². The van der Waals surface area contributed by atoms with Gasteiger partial charge in [0, 0.05) is 5.71 Å². The molecule has 5 heteroatoms. The van der Waals surface area contributed by atoms with Crippen LogP contribution in [-0.4, -0.2) is 14.1 Å². The van der Waals surface area contributed by atoms with Crippen molar-refractivity contribution < 1.29 is 8.42 Å². The van der Waals surface area contributed by atoms with E-state index >= 15 is 0 Å². The molecule has 0 spiro atoms. The fraction of sp³-hybridized carbons (Fsp3) is 0.562. The van der Waals surface area contributed by atoms with E-state index in [9.17, 15) is 8.42 Å². The van der Waals surface area contributed by atoms with E-state index in [4.69, 9.17) is 0 Å². The Labute approximate surface area is 127 Å². The third kappa shape index (κ3) is 3.64. The first kappa shape index (κ1) is 16.0. The third-order valence-electron chi connectivity index (χ3n) is 4.21. The highest BCUT2D eigenvalue weighted by Crippen LogP contribution is 2.26. The fourth-order valence-electron chi connectivity index (χ4n) is 2.89. The number of nitrogens with zero attached hydrogens (tertiary/aromatic N) is 1. The van der Waals surface area contributed by atoms with Crippen LogP contribution < -0.4 is 4.83 Å². The standard InChI is InChI=1S/C16H24N2O2S/c1-11-8-9-12(2)15(10-11)21(19,20)18-17-16-13(3)6-5-7-14(16)4/h8-10,13-14,18H,5-7H2,1-4H3/t13-,14-/m1/s1. The summed E-state index contributed by atoms with van der Waals surface area (Å²) in [6.45, 7) is 7.91. The van der Waals surface area contributed by atoms with Gasteiger partial charge in [0.2, 0.25) is 0 Å². The average molecular weight is 308 g/mol. The summed E-state index contributed by atoms with van der Waals surface area (Å²) in [6, 6.07) is 5.42. The lowest BCUT2D eigenvalue weighted by Crippen LogP contribution is -2.29. The molecule has 0 unspecified atom stereocenters. The van der Waals surface area contributed by atoms with Crippen molar-refractivity contribution in [2.24, 2.45) is 16.9 Å². The summed E-state index contributed by atoms with van der Waals surface area (Å²) in [7, 11) is -3.60. The van der Waals surface area contributed by atoms with Crippen molar-refractivity contribution in [2.75, 3.05) is 0 Å². The van der Waals surface area contributed by atoms with Crippen molar-refractivity contribution >= 4 is 15.7 Å². The maximum atomic E-state index is 12.4. The van der Waals surface area contributed by atoms with E-state index in [0.717, 1.165) is 29.7 Å². The quantitative estimate of drug-likeness (QED) is 0.870. The maximum Gasteiger partial charge on any atom is 0.276 e. The SMILES string of the molecule is Cc1ccc(C)c(S(=O)(=O)NN=C2[C@H](C)CCC[C@H]2C)c1. The second-order valence-electron chi connectivity index (χ2n) is 6.13. The molecule has 1 aliphatic rings. The summed E-state index contributed by atoms with van der Waals surface area (Å²) < 4.78 is 24.9. The molecule has 1 fully saturated rings. The predicted octanol–water partition coefficient (Wildman–Crippen LogP) is 3.39. The molecular weight excluding hydrogens is 284 g/mol. The number of rotatable bonds is 3. The third-order valence-corrected chi connectivity index (χ3v) is 5.56. The van der Waals surface area contributed by atoms with Gasteiger partial charge in [0.15, 0.2) is 0 Å². The van der Waals surface area contributed by atoms with E-state index in [-0.39, 0.29) is 0 Å². The Morgan fingerprint density at radius 3 is 2.38 bits per heavy atom. The largest absolute Gasteiger partial charge is 0.276 e. The lowest BCUT2D eigenvalue weighted by Gasteiger charge is -2.26. The van der Waals surface area contributed by atoms with Crippen molar-refractivity contribution in [1.29, 1.82) is 0 Å². The van der Waals surface area contributed by atoms with Crippen LogP contribution in [0.1, 0.15) is 44.2 Å². The Hall–Kier alpha value is -1.36. The molecule has 1 aromatic rings. The molecule has 4 nitrogen and oxygen atoms in total. The van der Waals surface area contributed by atoms with Crippen molar-refractivity contribution in [1.82, 2.24) is 4.83 Å². The summed E-state index contributed by atoms with van der Waals surface area (Å²) in [6.07, 6.45) is 3.34. The zero-order valence-corrected chi connectivity index (χ0v) is 14.0. The van der Waals surface area contributed by atoms with Crippen LogP contribution in [0.25, 0.3) is 0 Å². The molecule has 2 atom stereocenters. The normalized spacial score (nSPS) is 23.0. The number of benzene rings is 1. The summed E-state index contributed by atoms with van der Waals surface area (Å²) in [4.78, 5) is 2.74. The van der Waals surface area contributed by atoms with E-state index in [1.54, 1.807) is 13.0 Å². The average Bonchev–Trinajstić information content (AvgIpc) is 2.41. The van der Waals surface area contributed by atoms with Gasteiger partial charge in [-0.3, -0.25) is 0 Å². The van der Waals surface area contributed by atoms with E-state index in [1.807, 2.05) is 19.1 Å². The van der Waals surface area contributed by atoms with Crippen molar-refractivity contribution in [2.45, 2.75) is 51.9 Å². The van der Waals surface area contributed by atoms with Crippen molar-refractivity contribution in [3.8, 4) is 0 Å². The Morgan fingerprint density at radius 1 is 1.14 bits per heavy atom. The van der Waals surface area contributed by atoms with Gasteiger partial charge in [0.25, 0.3) is 10.0 Å². The highest BCUT2D eigenvalue weighted by atomic mass is 32.2. The first-order chi connectivity index (χ1) is 9.81. The second-order valence-corrected chi connectivity index (χ2v) is 7.76. The van der Waals surface area contributed by atoms with Gasteiger partial charge in [-0.05, 0) is 55.7 Å². The number of aryl methyl sites for hydroxylation is 2. The first-order valence-corrected chi connectivity index (χ1v) is 8.96. The number of sulfonamides is 1. The minimum Gasteiger partial charge on any atom is -0.200 e. The molecule has 1 aliphatic carbocycles. The zero-order valence-electron chi connectivity index (χ0n) is 13.2. The van der Waals surface area contributed by atoms with Crippen LogP contribution >= 0.6 is 0 Å². The number of nitrogens with one attached hydrogen (secondary N) is 1. The van der Waals surface area contributed by atoms with Gasteiger partial charge in [-0.25, -0.2) is 4.83 Å². The van der Waals surface area contributed by atoms with Crippen LogP contribution in [0, 0.1) is 25.7 Å². The van der Waals surface area contributed by atoms with Crippen LogP contribution in [0.4, 0.5) is 0 Å². The van der Waals surface area contributed by atoms with Crippen LogP contribution in [0.15, 0.2) is 28.2 Å². The summed E-state index contributed by atoms with van der Waals surface area (Å²) in [5.41, 5.74) is 2.63. The summed E-state index contributed by atoms with van der Waals surface area (Å²) in [5.74, 6) is 0.685. The monoisotopic (exact) mass is 308 g/mol. The van der Waals surface area contributed by atoms with Crippen LogP contribution in [-0.2, 0) is 10.0 Å². The Balaban J connectivity index is 2.27. The highest BCUT2D eigenvalue weighted by Gasteiger charge is 2.24. The Bertz CT molecular complexity index is 638. The van der Waals surface area contributed by atoms with Crippen LogP contribution in [0.5, 0.6) is 0 Å².